The van der Waals surface area contributed by atoms with Gasteiger partial charge in [-0.25, -0.2) is 9.78 Å². The van der Waals surface area contributed by atoms with Crippen LogP contribution in [0.2, 0.25) is 0 Å². The van der Waals surface area contributed by atoms with E-state index in [1.807, 2.05) is 0 Å². The van der Waals surface area contributed by atoms with Gasteiger partial charge in [0, 0.05) is 30.6 Å². The van der Waals surface area contributed by atoms with E-state index in [-0.39, 0.29) is 12.1 Å². The number of likely N-dealkylation sites (tertiary alicyclic amines) is 1. The molecule has 1 aliphatic heterocycles. The molecule has 0 atom stereocenters. The van der Waals surface area contributed by atoms with Crippen LogP contribution in [-0.2, 0) is 12.8 Å². The number of rotatable bonds is 4. The molecule has 3 rings (SSSR count). The van der Waals surface area contributed by atoms with E-state index in [0.717, 1.165) is 50.4 Å². The lowest BCUT2D eigenvalue weighted by atomic mass is 10.0. The first-order valence-electron chi connectivity index (χ1n) is 8.88. The minimum Gasteiger partial charge on any atom is -0.335 e. The second-order valence-electron chi connectivity index (χ2n) is 7.16. The van der Waals surface area contributed by atoms with Crippen molar-refractivity contribution in [3.05, 3.63) is 10.6 Å². The van der Waals surface area contributed by atoms with Crippen LogP contribution in [0, 0.1) is 5.92 Å². The summed E-state index contributed by atoms with van der Waals surface area (Å²) >= 11 is 1.64. The molecule has 1 saturated heterocycles. The van der Waals surface area contributed by atoms with Crippen molar-refractivity contribution in [3.63, 3.8) is 0 Å². The first-order chi connectivity index (χ1) is 11.1. The number of aryl methyl sites for hydroxylation is 2. The SMILES string of the molecule is CC(C)CN1CCC(NC(=O)Nc2nc3c(s2)CCCC3)CC1. The standard InChI is InChI=1S/C17H28N4OS/c1-12(2)11-21-9-7-13(8-10-21)18-16(22)20-17-19-14-5-3-4-6-15(14)23-17/h12-13H,3-11H2,1-2H3,(H2,18,19,20,22). The molecule has 1 aromatic heterocycles. The first kappa shape index (κ1) is 16.7. The molecule has 0 spiro atoms. The molecule has 1 fully saturated rings. The zero-order chi connectivity index (χ0) is 16.2. The molecule has 1 aromatic rings. The maximum Gasteiger partial charge on any atom is 0.321 e. The van der Waals surface area contributed by atoms with Gasteiger partial charge in [-0.3, -0.25) is 5.32 Å². The van der Waals surface area contributed by atoms with Gasteiger partial charge in [0.05, 0.1) is 5.69 Å². The summed E-state index contributed by atoms with van der Waals surface area (Å²) in [7, 11) is 0. The highest BCUT2D eigenvalue weighted by atomic mass is 32.1. The van der Waals surface area contributed by atoms with Crippen LogP contribution in [-0.4, -0.2) is 41.6 Å². The van der Waals surface area contributed by atoms with Crippen molar-refractivity contribution in [1.29, 1.82) is 0 Å². The van der Waals surface area contributed by atoms with Crippen LogP contribution < -0.4 is 10.6 Å². The predicted octanol–water partition coefficient (Wildman–Crippen LogP) is 3.26. The summed E-state index contributed by atoms with van der Waals surface area (Å²) in [6.45, 7) is 7.82. The Kier molecular flexibility index (Phi) is 5.54. The Labute approximate surface area is 142 Å². The van der Waals surface area contributed by atoms with E-state index in [1.54, 1.807) is 11.3 Å². The molecular weight excluding hydrogens is 308 g/mol. The van der Waals surface area contributed by atoms with Gasteiger partial charge < -0.3 is 10.2 Å². The van der Waals surface area contributed by atoms with Crippen molar-refractivity contribution in [2.45, 2.75) is 58.4 Å². The van der Waals surface area contributed by atoms with Gasteiger partial charge in [-0.1, -0.05) is 13.8 Å². The van der Waals surface area contributed by atoms with Gasteiger partial charge in [-0.05, 0) is 44.4 Å². The number of hydrogen-bond donors (Lipinski definition) is 2. The minimum atomic E-state index is -0.0987. The number of nitrogens with one attached hydrogen (secondary N) is 2. The summed E-state index contributed by atoms with van der Waals surface area (Å²) in [5.41, 5.74) is 1.19. The normalized spacial score (nSPS) is 19.6. The maximum absolute atomic E-state index is 12.2. The first-order valence-corrected chi connectivity index (χ1v) is 9.70. The molecule has 0 radical (unpaired) electrons. The van der Waals surface area contributed by atoms with Crippen LogP contribution in [0.15, 0.2) is 0 Å². The second kappa shape index (κ2) is 7.62. The second-order valence-corrected chi connectivity index (χ2v) is 8.25. The van der Waals surface area contributed by atoms with Crippen LogP contribution in [0.5, 0.6) is 0 Å². The van der Waals surface area contributed by atoms with Gasteiger partial charge in [0.15, 0.2) is 5.13 Å². The molecule has 2 heterocycles. The number of thiazole rings is 1. The molecule has 2 aliphatic rings. The summed E-state index contributed by atoms with van der Waals surface area (Å²) < 4.78 is 0. The van der Waals surface area contributed by atoms with Gasteiger partial charge in [0.2, 0.25) is 0 Å². The largest absolute Gasteiger partial charge is 0.335 e. The number of fused-ring (bicyclic) bond motifs is 1. The van der Waals surface area contributed by atoms with E-state index < -0.39 is 0 Å². The zero-order valence-corrected chi connectivity index (χ0v) is 15.0. The smallest absolute Gasteiger partial charge is 0.321 e. The molecule has 1 aliphatic carbocycles. The van der Waals surface area contributed by atoms with Gasteiger partial charge in [-0.15, -0.1) is 11.3 Å². The fraction of sp³-hybridized carbons (Fsp3) is 0.765. The quantitative estimate of drug-likeness (QED) is 0.887. The molecular formula is C17H28N4OS. The molecule has 0 unspecified atom stereocenters. The maximum atomic E-state index is 12.2. The number of anilines is 1. The Morgan fingerprint density at radius 3 is 2.74 bits per heavy atom. The Hall–Kier alpha value is -1.14. The van der Waals surface area contributed by atoms with Crippen molar-refractivity contribution < 1.29 is 4.79 Å². The highest BCUT2D eigenvalue weighted by molar-refractivity contribution is 7.15. The third kappa shape index (κ3) is 4.67. The predicted molar refractivity (Wildman–Crippen MR) is 95.2 cm³/mol. The molecule has 2 N–H and O–H groups in total. The Morgan fingerprint density at radius 2 is 2.04 bits per heavy atom. The fourth-order valence-corrected chi connectivity index (χ4v) is 4.55. The molecule has 0 saturated carbocycles. The molecule has 6 heteroatoms. The van der Waals surface area contributed by atoms with E-state index in [2.05, 4.69) is 34.4 Å². The van der Waals surface area contributed by atoms with Crippen molar-refractivity contribution in [2.24, 2.45) is 5.92 Å². The number of amides is 2. The summed E-state index contributed by atoms with van der Waals surface area (Å²) in [4.78, 5) is 20.6. The van der Waals surface area contributed by atoms with E-state index >= 15 is 0 Å². The molecule has 5 nitrogen and oxygen atoms in total. The monoisotopic (exact) mass is 336 g/mol. The fourth-order valence-electron chi connectivity index (χ4n) is 3.50. The lowest BCUT2D eigenvalue weighted by molar-refractivity contribution is 0.180. The molecule has 0 aromatic carbocycles. The van der Waals surface area contributed by atoms with E-state index in [1.165, 1.54) is 23.4 Å². The van der Waals surface area contributed by atoms with Crippen LogP contribution in [0.25, 0.3) is 0 Å². The Bertz CT molecular complexity index is 511. The average molecular weight is 337 g/mol. The number of carbonyl (C=O) groups excluding carboxylic acids is 1. The van der Waals surface area contributed by atoms with Gasteiger partial charge in [-0.2, -0.15) is 0 Å². The minimum absolute atomic E-state index is 0.0987. The molecule has 128 valence electrons. The van der Waals surface area contributed by atoms with Crippen molar-refractivity contribution in [1.82, 2.24) is 15.2 Å². The van der Waals surface area contributed by atoms with Crippen molar-refractivity contribution in [2.75, 3.05) is 25.0 Å². The van der Waals surface area contributed by atoms with Gasteiger partial charge >= 0.3 is 6.03 Å². The number of urea groups is 1. The van der Waals surface area contributed by atoms with E-state index in [4.69, 9.17) is 0 Å². The highest BCUT2D eigenvalue weighted by Gasteiger charge is 2.22. The Balaban J connectivity index is 1.44. The van der Waals surface area contributed by atoms with Crippen molar-refractivity contribution >= 4 is 22.5 Å². The number of nitrogens with zero attached hydrogens (tertiary/aromatic N) is 2. The summed E-state index contributed by atoms with van der Waals surface area (Å²) in [5, 5.41) is 6.80. The van der Waals surface area contributed by atoms with Crippen molar-refractivity contribution in [3.8, 4) is 0 Å². The number of carbonyl (C=O) groups is 1. The highest BCUT2D eigenvalue weighted by Crippen LogP contribution is 2.29. The van der Waals surface area contributed by atoms with Crippen LogP contribution in [0.3, 0.4) is 0 Å². The Morgan fingerprint density at radius 1 is 1.30 bits per heavy atom. The third-order valence-electron chi connectivity index (χ3n) is 4.61. The lowest BCUT2D eigenvalue weighted by Gasteiger charge is -2.33. The number of aromatic nitrogens is 1. The molecule has 23 heavy (non-hydrogen) atoms. The molecule has 0 bridgehead atoms. The van der Waals surface area contributed by atoms with E-state index in [0.29, 0.717) is 5.92 Å². The number of hydrogen-bond acceptors (Lipinski definition) is 4. The van der Waals surface area contributed by atoms with E-state index in [9.17, 15) is 4.79 Å². The van der Waals surface area contributed by atoms with Gasteiger partial charge in [0.1, 0.15) is 0 Å². The number of piperidine rings is 1. The summed E-state index contributed by atoms with van der Waals surface area (Å²) in [6, 6.07) is 0.186. The summed E-state index contributed by atoms with van der Waals surface area (Å²) in [6.07, 6.45) is 6.71. The zero-order valence-electron chi connectivity index (χ0n) is 14.2. The van der Waals surface area contributed by atoms with Crippen LogP contribution in [0.4, 0.5) is 9.93 Å². The van der Waals surface area contributed by atoms with Crippen LogP contribution in [0.1, 0.15) is 50.1 Å². The lowest BCUT2D eigenvalue weighted by Crippen LogP contribution is -2.46. The molecule has 2 amide bonds. The average Bonchev–Trinajstić information content (AvgIpc) is 2.90. The topological polar surface area (TPSA) is 57.3 Å². The van der Waals surface area contributed by atoms with Crippen LogP contribution >= 0.6 is 11.3 Å². The van der Waals surface area contributed by atoms with Gasteiger partial charge in [0.25, 0.3) is 0 Å². The third-order valence-corrected chi connectivity index (χ3v) is 5.69. The summed E-state index contributed by atoms with van der Waals surface area (Å²) in [5.74, 6) is 0.707.